The summed E-state index contributed by atoms with van der Waals surface area (Å²) in [7, 11) is 0. The fourth-order valence-corrected chi connectivity index (χ4v) is 0.459. The van der Waals surface area contributed by atoms with Crippen LogP contribution in [0.15, 0.2) is 0 Å². The second kappa shape index (κ2) is 4.58. The first kappa shape index (κ1) is 10.7. The van der Waals surface area contributed by atoms with Crippen molar-refractivity contribution in [3.05, 3.63) is 0 Å². The predicted molar refractivity (Wildman–Crippen MR) is 37.6 cm³/mol. The van der Waals surface area contributed by atoms with Crippen LogP contribution in [0.4, 0.5) is 4.79 Å². The first-order valence-electron chi connectivity index (χ1n) is 3.51. The van der Waals surface area contributed by atoms with Crippen LogP contribution >= 0.6 is 0 Å². The Labute approximate surface area is 70.3 Å². The highest BCUT2D eigenvalue weighted by atomic mass is 16.8. The van der Waals surface area contributed by atoms with Crippen molar-refractivity contribution < 1.29 is 24.2 Å². The van der Waals surface area contributed by atoms with Gasteiger partial charge in [0.25, 0.3) is 0 Å². The summed E-state index contributed by atoms with van der Waals surface area (Å²) < 4.78 is 8.57. The SMILES string of the molecule is CC(C)C(=O)O[C@@H](C)OC([O])=O. The summed E-state index contributed by atoms with van der Waals surface area (Å²) in [6.07, 6.45) is -2.82. The Kier molecular flexibility index (Phi) is 4.10. The molecule has 5 heteroatoms. The summed E-state index contributed by atoms with van der Waals surface area (Å²) in [5.74, 6) is -0.818. The van der Waals surface area contributed by atoms with Crippen LogP contribution in [0.1, 0.15) is 20.8 Å². The molecule has 12 heavy (non-hydrogen) atoms. The first-order chi connectivity index (χ1) is 5.43. The maximum absolute atomic E-state index is 10.8. The summed E-state index contributed by atoms with van der Waals surface area (Å²) in [5.41, 5.74) is 0. The van der Waals surface area contributed by atoms with Gasteiger partial charge in [-0.2, -0.15) is 9.90 Å². The van der Waals surface area contributed by atoms with Gasteiger partial charge in [0, 0.05) is 6.92 Å². The molecule has 0 aromatic rings. The third-order valence-electron chi connectivity index (χ3n) is 1.02. The molecule has 1 atom stereocenters. The zero-order chi connectivity index (χ0) is 9.72. The van der Waals surface area contributed by atoms with Gasteiger partial charge >= 0.3 is 12.1 Å². The summed E-state index contributed by atoms with van der Waals surface area (Å²) in [5, 5.41) is 9.84. The number of hydrogen-bond donors (Lipinski definition) is 0. The lowest BCUT2D eigenvalue weighted by Crippen LogP contribution is -2.23. The third-order valence-corrected chi connectivity index (χ3v) is 1.02. The van der Waals surface area contributed by atoms with E-state index in [4.69, 9.17) is 0 Å². The zero-order valence-corrected chi connectivity index (χ0v) is 7.20. The Morgan fingerprint density at radius 3 is 1.92 bits per heavy atom. The van der Waals surface area contributed by atoms with Crippen LogP contribution < -0.4 is 0 Å². The smallest absolute Gasteiger partial charge is 0.425 e. The molecule has 0 fully saturated rings. The molecule has 0 aliphatic rings. The van der Waals surface area contributed by atoms with E-state index in [-0.39, 0.29) is 5.92 Å². The van der Waals surface area contributed by atoms with Gasteiger partial charge in [-0.15, -0.1) is 0 Å². The monoisotopic (exact) mass is 175 g/mol. The van der Waals surface area contributed by atoms with Crippen LogP contribution in [0.2, 0.25) is 0 Å². The Bertz CT molecular complexity index is 175. The van der Waals surface area contributed by atoms with E-state index in [0.717, 1.165) is 0 Å². The Morgan fingerprint density at radius 2 is 1.58 bits per heavy atom. The summed E-state index contributed by atoms with van der Waals surface area (Å²) >= 11 is 0. The van der Waals surface area contributed by atoms with Gasteiger partial charge in [-0.1, -0.05) is 13.8 Å². The fourth-order valence-electron chi connectivity index (χ4n) is 0.459. The first-order valence-corrected chi connectivity index (χ1v) is 3.51. The van der Waals surface area contributed by atoms with Crippen LogP contribution in [-0.4, -0.2) is 18.4 Å². The van der Waals surface area contributed by atoms with E-state index in [1.54, 1.807) is 13.8 Å². The van der Waals surface area contributed by atoms with Crippen molar-refractivity contribution in [1.82, 2.24) is 0 Å². The van der Waals surface area contributed by atoms with Gasteiger partial charge in [-0.25, -0.2) is 0 Å². The van der Waals surface area contributed by atoms with Gasteiger partial charge in [0.2, 0.25) is 6.29 Å². The predicted octanol–water partition coefficient (Wildman–Crippen LogP) is 1.10. The maximum atomic E-state index is 10.8. The molecule has 0 aliphatic heterocycles. The van der Waals surface area contributed by atoms with Crippen molar-refractivity contribution in [2.45, 2.75) is 27.1 Å². The number of carbonyl (C=O) groups is 2. The number of rotatable bonds is 3. The minimum atomic E-state index is -1.71. The van der Waals surface area contributed by atoms with Crippen molar-refractivity contribution in [2.24, 2.45) is 5.92 Å². The molecule has 0 unspecified atom stereocenters. The quantitative estimate of drug-likeness (QED) is 0.475. The average molecular weight is 175 g/mol. The van der Waals surface area contributed by atoms with Gasteiger partial charge in [0.05, 0.1) is 5.92 Å². The molecule has 5 nitrogen and oxygen atoms in total. The van der Waals surface area contributed by atoms with E-state index >= 15 is 0 Å². The molecule has 0 spiro atoms. The molecule has 1 radical (unpaired) electrons. The van der Waals surface area contributed by atoms with Crippen molar-refractivity contribution in [2.75, 3.05) is 0 Å². The largest absolute Gasteiger partial charge is 0.553 e. The molecule has 0 saturated carbocycles. The minimum Gasteiger partial charge on any atom is -0.425 e. The highest BCUT2D eigenvalue weighted by molar-refractivity contribution is 5.71. The van der Waals surface area contributed by atoms with E-state index in [1.807, 2.05) is 0 Å². The summed E-state index contributed by atoms with van der Waals surface area (Å²) in [4.78, 5) is 20.7. The van der Waals surface area contributed by atoms with Crippen LogP contribution in [-0.2, 0) is 19.4 Å². The van der Waals surface area contributed by atoms with Crippen molar-refractivity contribution >= 4 is 12.1 Å². The molecule has 0 aromatic carbocycles. The molecule has 69 valence electrons. The van der Waals surface area contributed by atoms with Crippen molar-refractivity contribution in [1.29, 1.82) is 0 Å². The minimum absolute atomic E-state index is 0.308. The summed E-state index contributed by atoms with van der Waals surface area (Å²) in [6.45, 7) is 4.57. The highest BCUT2D eigenvalue weighted by Crippen LogP contribution is 2.01. The molecule has 0 N–H and O–H groups in total. The zero-order valence-electron chi connectivity index (χ0n) is 7.20. The van der Waals surface area contributed by atoms with E-state index in [2.05, 4.69) is 9.47 Å². The van der Waals surface area contributed by atoms with E-state index in [0.29, 0.717) is 0 Å². The van der Waals surface area contributed by atoms with Gasteiger partial charge in [-0.05, 0) is 0 Å². The fraction of sp³-hybridized carbons (Fsp3) is 0.714. The van der Waals surface area contributed by atoms with Crippen molar-refractivity contribution in [3.63, 3.8) is 0 Å². The van der Waals surface area contributed by atoms with E-state index in [9.17, 15) is 14.7 Å². The molecule has 0 rings (SSSR count). The number of ether oxygens (including phenoxy) is 2. The lowest BCUT2D eigenvalue weighted by molar-refractivity contribution is -0.171. The molecular formula is C7H11O5. The van der Waals surface area contributed by atoms with Gasteiger partial charge < -0.3 is 9.47 Å². The second-order valence-corrected chi connectivity index (χ2v) is 2.53. The van der Waals surface area contributed by atoms with Crippen molar-refractivity contribution in [3.8, 4) is 0 Å². The molecule has 0 aromatic heterocycles. The van der Waals surface area contributed by atoms with Gasteiger partial charge in [0.15, 0.2) is 0 Å². The number of esters is 1. The molecule has 0 saturated heterocycles. The molecule has 0 heterocycles. The maximum Gasteiger partial charge on any atom is 0.553 e. The lowest BCUT2D eigenvalue weighted by Gasteiger charge is -2.12. The van der Waals surface area contributed by atoms with Gasteiger partial charge in [-0.3, -0.25) is 4.79 Å². The van der Waals surface area contributed by atoms with E-state index in [1.165, 1.54) is 6.92 Å². The second-order valence-electron chi connectivity index (χ2n) is 2.53. The van der Waals surface area contributed by atoms with Crippen LogP contribution in [0, 0.1) is 5.92 Å². The number of carbonyl (C=O) groups excluding carboxylic acids is 2. The third kappa shape index (κ3) is 4.54. The van der Waals surface area contributed by atoms with Crippen LogP contribution in [0.25, 0.3) is 0 Å². The van der Waals surface area contributed by atoms with Gasteiger partial charge in [0.1, 0.15) is 0 Å². The normalized spacial score (nSPS) is 12.3. The Hall–Kier alpha value is -1.26. The Balaban J connectivity index is 3.76. The summed E-state index contributed by atoms with van der Waals surface area (Å²) in [6, 6.07) is 0. The lowest BCUT2D eigenvalue weighted by atomic mass is 10.2. The average Bonchev–Trinajstić information content (AvgIpc) is 1.84. The van der Waals surface area contributed by atoms with E-state index < -0.39 is 18.4 Å². The molecular weight excluding hydrogens is 164 g/mol. The highest BCUT2D eigenvalue weighted by Gasteiger charge is 2.16. The molecule has 0 amide bonds. The van der Waals surface area contributed by atoms with Crippen LogP contribution in [0.3, 0.4) is 0 Å². The Morgan fingerprint density at radius 1 is 1.08 bits per heavy atom. The topological polar surface area (TPSA) is 72.5 Å². The number of hydrogen-bond acceptors (Lipinski definition) is 4. The molecule has 0 bridgehead atoms. The standard InChI is InChI=1S/C7H11O5/c1-4(2)6(8)11-5(3)12-7(9)10/h4-5H,1-3H3/t5-/m1/s1. The molecule has 0 aliphatic carbocycles. The van der Waals surface area contributed by atoms with Crippen LogP contribution in [0.5, 0.6) is 0 Å².